The first-order chi connectivity index (χ1) is 9.61. The summed E-state index contributed by atoms with van der Waals surface area (Å²) in [7, 11) is 1.96. The molecule has 5 nitrogen and oxygen atoms in total. The first-order valence-corrected chi connectivity index (χ1v) is 7.89. The van der Waals surface area contributed by atoms with Crippen LogP contribution in [0.2, 0.25) is 0 Å². The molecule has 1 aromatic rings. The summed E-state index contributed by atoms with van der Waals surface area (Å²) in [5.41, 5.74) is 6.36. The van der Waals surface area contributed by atoms with E-state index in [2.05, 4.69) is 28.8 Å². The van der Waals surface area contributed by atoms with Gasteiger partial charge in [-0.25, -0.2) is 4.98 Å². The van der Waals surface area contributed by atoms with Crippen molar-refractivity contribution in [2.24, 2.45) is 18.7 Å². The Morgan fingerprint density at radius 1 is 1.45 bits per heavy atom. The molecule has 1 heterocycles. The predicted octanol–water partition coefficient (Wildman–Crippen LogP) is 1.93. The Kier molecular flexibility index (Phi) is 5.16. The molecule has 5 heteroatoms. The quantitative estimate of drug-likeness (QED) is 0.864. The van der Waals surface area contributed by atoms with Gasteiger partial charge in [-0.15, -0.1) is 0 Å². The highest BCUT2D eigenvalue weighted by atomic mass is 15.3. The Bertz CT molecular complexity index is 406. The number of rotatable bonds is 6. The molecule has 0 spiro atoms. The molecule has 0 bridgehead atoms. The Labute approximate surface area is 122 Å². The number of nitrogens with two attached hydrogens (primary N) is 1. The van der Waals surface area contributed by atoms with Gasteiger partial charge in [0.05, 0.1) is 6.54 Å². The molecule has 2 N–H and O–H groups in total. The van der Waals surface area contributed by atoms with E-state index in [0.29, 0.717) is 0 Å². The first kappa shape index (κ1) is 15.4. The van der Waals surface area contributed by atoms with Gasteiger partial charge in [-0.3, -0.25) is 9.58 Å². The van der Waals surface area contributed by atoms with Gasteiger partial charge in [0.1, 0.15) is 12.2 Å². The van der Waals surface area contributed by atoms with Gasteiger partial charge in [-0.1, -0.05) is 13.8 Å². The standard InChI is InChI=1S/C15H29N5/c1-4-9-20(10-14-17-12-18-19(14)3)15(11-16)7-5-13(2)6-8-15/h12-13H,4-11,16H2,1-3H3. The van der Waals surface area contributed by atoms with Crippen LogP contribution in [0.25, 0.3) is 0 Å². The molecule has 114 valence electrons. The molecule has 0 atom stereocenters. The fourth-order valence-corrected chi connectivity index (χ4v) is 3.34. The van der Waals surface area contributed by atoms with E-state index < -0.39 is 0 Å². The molecular weight excluding hydrogens is 250 g/mol. The largest absolute Gasteiger partial charge is 0.329 e. The number of aryl methyl sites for hydroxylation is 1. The summed E-state index contributed by atoms with van der Waals surface area (Å²) in [5, 5.41) is 4.18. The lowest BCUT2D eigenvalue weighted by molar-refractivity contribution is 0.0348. The van der Waals surface area contributed by atoms with Gasteiger partial charge in [0.2, 0.25) is 0 Å². The minimum absolute atomic E-state index is 0.161. The molecule has 0 aromatic carbocycles. The zero-order chi connectivity index (χ0) is 14.6. The molecule has 20 heavy (non-hydrogen) atoms. The van der Waals surface area contributed by atoms with Crippen molar-refractivity contribution in [2.75, 3.05) is 13.1 Å². The highest BCUT2D eigenvalue weighted by molar-refractivity contribution is 4.97. The summed E-state index contributed by atoms with van der Waals surface area (Å²) in [6.07, 6.45) is 7.78. The van der Waals surface area contributed by atoms with Crippen LogP contribution in [-0.4, -0.2) is 38.3 Å². The first-order valence-electron chi connectivity index (χ1n) is 7.89. The lowest BCUT2D eigenvalue weighted by atomic mass is 9.76. The van der Waals surface area contributed by atoms with Crippen LogP contribution in [0.3, 0.4) is 0 Å². The summed E-state index contributed by atoms with van der Waals surface area (Å²) in [6.45, 7) is 7.28. The molecule has 1 aromatic heterocycles. The van der Waals surface area contributed by atoms with Gasteiger partial charge in [0.25, 0.3) is 0 Å². The van der Waals surface area contributed by atoms with Crippen molar-refractivity contribution >= 4 is 0 Å². The Morgan fingerprint density at radius 2 is 2.15 bits per heavy atom. The highest BCUT2D eigenvalue weighted by Gasteiger charge is 2.38. The molecular formula is C15H29N5. The summed E-state index contributed by atoms with van der Waals surface area (Å²) >= 11 is 0. The van der Waals surface area contributed by atoms with Crippen LogP contribution in [0.1, 0.15) is 51.8 Å². The third kappa shape index (κ3) is 3.20. The highest BCUT2D eigenvalue weighted by Crippen LogP contribution is 2.36. The van der Waals surface area contributed by atoms with E-state index in [0.717, 1.165) is 37.8 Å². The molecule has 1 fully saturated rings. The van der Waals surface area contributed by atoms with Crippen molar-refractivity contribution in [1.82, 2.24) is 19.7 Å². The molecule has 1 saturated carbocycles. The molecule has 0 amide bonds. The number of hydrogen-bond acceptors (Lipinski definition) is 4. The van der Waals surface area contributed by atoms with Crippen LogP contribution in [0.5, 0.6) is 0 Å². The predicted molar refractivity (Wildman–Crippen MR) is 81.1 cm³/mol. The normalized spacial score (nSPS) is 27.1. The van der Waals surface area contributed by atoms with Crippen molar-refractivity contribution in [3.63, 3.8) is 0 Å². The van der Waals surface area contributed by atoms with Gasteiger partial charge in [0.15, 0.2) is 0 Å². The Morgan fingerprint density at radius 3 is 2.65 bits per heavy atom. The molecule has 0 radical (unpaired) electrons. The van der Waals surface area contributed by atoms with E-state index >= 15 is 0 Å². The second kappa shape index (κ2) is 6.68. The van der Waals surface area contributed by atoms with Crippen LogP contribution < -0.4 is 5.73 Å². The summed E-state index contributed by atoms with van der Waals surface area (Å²) in [4.78, 5) is 6.94. The second-order valence-electron chi connectivity index (χ2n) is 6.33. The fraction of sp³-hybridized carbons (Fsp3) is 0.867. The molecule has 2 rings (SSSR count). The summed E-state index contributed by atoms with van der Waals surface area (Å²) in [6, 6.07) is 0. The molecule has 1 aliphatic rings. The topological polar surface area (TPSA) is 60.0 Å². The second-order valence-corrected chi connectivity index (χ2v) is 6.33. The monoisotopic (exact) mass is 279 g/mol. The number of nitrogens with zero attached hydrogens (tertiary/aromatic N) is 4. The van der Waals surface area contributed by atoms with Gasteiger partial charge in [0, 0.05) is 19.1 Å². The van der Waals surface area contributed by atoms with E-state index in [1.807, 2.05) is 11.7 Å². The van der Waals surface area contributed by atoms with E-state index in [4.69, 9.17) is 5.73 Å². The van der Waals surface area contributed by atoms with Crippen molar-refractivity contribution in [3.8, 4) is 0 Å². The molecule has 0 unspecified atom stereocenters. The maximum atomic E-state index is 6.20. The number of aromatic nitrogens is 3. The average Bonchev–Trinajstić information content (AvgIpc) is 2.85. The third-order valence-electron chi connectivity index (χ3n) is 4.89. The van der Waals surface area contributed by atoms with Gasteiger partial charge in [-0.2, -0.15) is 5.10 Å². The SMILES string of the molecule is CCCN(Cc1ncnn1C)C1(CN)CCC(C)CC1. The molecule has 0 aliphatic heterocycles. The minimum atomic E-state index is 0.161. The number of hydrogen-bond donors (Lipinski definition) is 1. The van der Waals surface area contributed by atoms with Gasteiger partial charge < -0.3 is 5.73 Å². The van der Waals surface area contributed by atoms with Crippen LogP contribution in [0.15, 0.2) is 6.33 Å². The third-order valence-corrected chi connectivity index (χ3v) is 4.89. The van der Waals surface area contributed by atoms with E-state index in [1.165, 1.54) is 25.7 Å². The molecule has 0 saturated heterocycles. The zero-order valence-electron chi connectivity index (χ0n) is 13.2. The Balaban J connectivity index is 2.15. The van der Waals surface area contributed by atoms with Crippen molar-refractivity contribution < 1.29 is 0 Å². The fourth-order valence-electron chi connectivity index (χ4n) is 3.34. The summed E-state index contributed by atoms with van der Waals surface area (Å²) < 4.78 is 1.87. The van der Waals surface area contributed by atoms with Crippen LogP contribution in [0, 0.1) is 5.92 Å². The van der Waals surface area contributed by atoms with Crippen molar-refractivity contribution in [3.05, 3.63) is 12.2 Å². The van der Waals surface area contributed by atoms with Crippen LogP contribution in [-0.2, 0) is 13.6 Å². The average molecular weight is 279 g/mol. The van der Waals surface area contributed by atoms with Crippen LogP contribution in [0.4, 0.5) is 0 Å². The van der Waals surface area contributed by atoms with Gasteiger partial charge >= 0.3 is 0 Å². The molecule has 1 aliphatic carbocycles. The minimum Gasteiger partial charge on any atom is -0.329 e. The van der Waals surface area contributed by atoms with E-state index in [-0.39, 0.29) is 5.54 Å². The van der Waals surface area contributed by atoms with Crippen LogP contribution >= 0.6 is 0 Å². The van der Waals surface area contributed by atoms with E-state index in [9.17, 15) is 0 Å². The van der Waals surface area contributed by atoms with Crippen molar-refractivity contribution in [1.29, 1.82) is 0 Å². The lowest BCUT2D eigenvalue weighted by Crippen LogP contribution is -2.55. The van der Waals surface area contributed by atoms with E-state index in [1.54, 1.807) is 6.33 Å². The van der Waals surface area contributed by atoms with Crippen molar-refractivity contribution in [2.45, 2.75) is 58.0 Å². The van der Waals surface area contributed by atoms with Gasteiger partial charge in [-0.05, 0) is 44.6 Å². The summed E-state index contributed by atoms with van der Waals surface area (Å²) in [5.74, 6) is 1.87. The maximum absolute atomic E-state index is 6.20. The zero-order valence-corrected chi connectivity index (χ0v) is 13.2. The smallest absolute Gasteiger partial charge is 0.140 e. The lowest BCUT2D eigenvalue weighted by Gasteiger charge is -2.47. The maximum Gasteiger partial charge on any atom is 0.140 e. The Hall–Kier alpha value is -0.940.